The Balaban J connectivity index is 1.99. The predicted molar refractivity (Wildman–Crippen MR) is 83.0 cm³/mol. The second-order valence-electron chi connectivity index (χ2n) is 4.99. The zero-order valence-electron chi connectivity index (χ0n) is 11.1. The van der Waals surface area contributed by atoms with Crippen molar-refractivity contribution in [2.75, 3.05) is 6.61 Å². The van der Waals surface area contributed by atoms with Crippen LogP contribution in [0.2, 0.25) is 10.0 Å². The van der Waals surface area contributed by atoms with Crippen LogP contribution in [0.25, 0.3) is 11.0 Å². The van der Waals surface area contributed by atoms with E-state index in [9.17, 15) is 0 Å². The number of hydrogen-bond donors (Lipinski definition) is 0. The summed E-state index contributed by atoms with van der Waals surface area (Å²) in [6, 6.07) is 4.04. The number of fused-ring (bicyclic) bond motifs is 1. The zero-order chi connectivity index (χ0) is 14.3. The van der Waals surface area contributed by atoms with E-state index in [0.29, 0.717) is 28.1 Å². The molecule has 0 N–H and O–H groups in total. The average molecular weight is 334 g/mol. The van der Waals surface area contributed by atoms with E-state index in [2.05, 4.69) is 9.55 Å². The van der Waals surface area contributed by atoms with Gasteiger partial charge in [0.15, 0.2) is 0 Å². The molecule has 0 unspecified atom stereocenters. The highest BCUT2D eigenvalue weighted by Gasteiger charge is 2.33. The molecule has 108 valence electrons. The van der Waals surface area contributed by atoms with Crippen LogP contribution < -0.4 is 0 Å². The summed E-state index contributed by atoms with van der Waals surface area (Å²) in [5.74, 6) is 1.24. The van der Waals surface area contributed by atoms with E-state index in [4.69, 9.17) is 39.5 Å². The molecule has 1 aliphatic rings. The number of nitrogens with zero attached hydrogens (tertiary/aromatic N) is 2. The minimum absolute atomic E-state index is 0.341. The molecule has 0 bridgehead atoms. The first kappa shape index (κ1) is 14.5. The molecule has 1 aromatic heterocycles. The van der Waals surface area contributed by atoms with E-state index in [0.717, 1.165) is 36.3 Å². The lowest BCUT2D eigenvalue weighted by atomic mass is 9.88. The van der Waals surface area contributed by atoms with Crippen molar-refractivity contribution in [2.45, 2.75) is 37.8 Å². The molecule has 3 rings (SSSR count). The van der Waals surface area contributed by atoms with Gasteiger partial charge in [0.2, 0.25) is 0 Å². The van der Waals surface area contributed by atoms with Gasteiger partial charge >= 0.3 is 0 Å². The van der Waals surface area contributed by atoms with Crippen LogP contribution in [0, 0.1) is 0 Å². The van der Waals surface area contributed by atoms with Gasteiger partial charge in [-0.05, 0) is 31.9 Å². The van der Waals surface area contributed by atoms with Crippen molar-refractivity contribution in [1.29, 1.82) is 0 Å². The van der Waals surface area contributed by atoms with Crippen LogP contribution in [-0.4, -0.2) is 22.3 Å². The number of rotatable bonds is 4. The molecule has 3 nitrogen and oxygen atoms in total. The fraction of sp³-hybridized carbons (Fsp3) is 0.500. The maximum Gasteiger partial charge on any atom is 0.125 e. The van der Waals surface area contributed by atoms with E-state index in [1.165, 1.54) is 0 Å². The number of halogens is 3. The summed E-state index contributed by atoms with van der Waals surface area (Å²) in [5, 5.41) is 1.06. The molecule has 0 amide bonds. The number of hydrogen-bond acceptors (Lipinski definition) is 2. The first-order chi connectivity index (χ1) is 9.63. The molecular weight excluding hydrogens is 319 g/mol. The molecule has 20 heavy (non-hydrogen) atoms. The Morgan fingerprint density at radius 3 is 2.65 bits per heavy atom. The minimum atomic E-state index is 0.341. The molecular formula is C14H15Cl3N2O. The summed E-state index contributed by atoms with van der Waals surface area (Å²) in [5.41, 5.74) is 1.84. The summed E-state index contributed by atoms with van der Waals surface area (Å²) < 4.78 is 7.80. The SMILES string of the molecule is CCOC1CC(n2c(CCl)nc3cc(Cl)c(Cl)cc32)C1. The molecule has 1 heterocycles. The van der Waals surface area contributed by atoms with Gasteiger partial charge in [-0.25, -0.2) is 4.98 Å². The van der Waals surface area contributed by atoms with Crippen molar-refractivity contribution in [1.82, 2.24) is 9.55 Å². The van der Waals surface area contributed by atoms with E-state index in [-0.39, 0.29) is 0 Å². The smallest absolute Gasteiger partial charge is 0.125 e. The number of imidazole rings is 1. The highest BCUT2D eigenvalue weighted by atomic mass is 35.5. The second kappa shape index (κ2) is 5.72. The molecule has 0 aliphatic heterocycles. The molecule has 1 aromatic carbocycles. The fourth-order valence-electron chi connectivity index (χ4n) is 2.76. The lowest BCUT2D eigenvalue weighted by Gasteiger charge is -2.36. The number of ether oxygens (including phenoxy) is 1. The minimum Gasteiger partial charge on any atom is -0.378 e. The molecule has 0 atom stereocenters. The monoisotopic (exact) mass is 332 g/mol. The van der Waals surface area contributed by atoms with Crippen LogP contribution in [0.5, 0.6) is 0 Å². The van der Waals surface area contributed by atoms with Crippen LogP contribution in [0.1, 0.15) is 31.6 Å². The Labute approximate surface area is 132 Å². The van der Waals surface area contributed by atoms with Gasteiger partial charge in [-0.15, -0.1) is 11.6 Å². The molecule has 0 spiro atoms. The van der Waals surface area contributed by atoms with Crippen LogP contribution in [0.4, 0.5) is 0 Å². The predicted octanol–water partition coefficient (Wildman–Crippen LogP) is 4.82. The van der Waals surface area contributed by atoms with Crippen LogP contribution in [-0.2, 0) is 10.6 Å². The lowest BCUT2D eigenvalue weighted by Crippen LogP contribution is -2.34. The van der Waals surface area contributed by atoms with Crippen molar-refractivity contribution in [3.8, 4) is 0 Å². The van der Waals surface area contributed by atoms with Crippen LogP contribution >= 0.6 is 34.8 Å². The van der Waals surface area contributed by atoms with Gasteiger partial charge in [0.25, 0.3) is 0 Å². The third-order valence-electron chi connectivity index (χ3n) is 3.76. The van der Waals surface area contributed by atoms with Crippen molar-refractivity contribution in [2.24, 2.45) is 0 Å². The van der Waals surface area contributed by atoms with Gasteiger partial charge in [-0.1, -0.05) is 23.2 Å². The Bertz CT molecular complexity index is 635. The lowest BCUT2D eigenvalue weighted by molar-refractivity contribution is -0.0192. The van der Waals surface area contributed by atoms with Crippen LogP contribution in [0.3, 0.4) is 0 Å². The van der Waals surface area contributed by atoms with Crippen molar-refractivity contribution >= 4 is 45.8 Å². The molecule has 0 radical (unpaired) electrons. The normalized spacial score (nSPS) is 22.2. The van der Waals surface area contributed by atoms with Gasteiger partial charge in [0.05, 0.1) is 33.1 Å². The van der Waals surface area contributed by atoms with Gasteiger partial charge in [0, 0.05) is 12.6 Å². The summed E-state index contributed by atoms with van der Waals surface area (Å²) in [7, 11) is 0. The Morgan fingerprint density at radius 2 is 2.00 bits per heavy atom. The fourth-order valence-corrected chi connectivity index (χ4v) is 3.27. The van der Waals surface area contributed by atoms with Gasteiger partial charge in [-0.3, -0.25) is 0 Å². The summed E-state index contributed by atoms with van der Waals surface area (Å²) in [4.78, 5) is 4.55. The zero-order valence-corrected chi connectivity index (χ0v) is 13.3. The third kappa shape index (κ3) is 2.41. The summed E-state index contributed by atoms with van der Waals surface area (Å²) in [6.07, 6.45) is 2.32. The Hall–Kier alpha value is -0.480. The first-order valence-corrected chi connectivity index (χ1v) is 7.96. The maximum atomic E-state index is 6.13. The maximum absolute atomic E-state index is 6.13. The van der Waals surface area contributed by atoms with Crippen molar-refractivity contribution in [3.63, 3.8) is 0 Å². The first-order valence-electron chi connectivity index (χ1n) is 6.67. The molecule has 0 saturated heterocycles. The molecule has 1 fully saturated rings. The standard InChI is InChI=1S/C14H15Cl3N2O/c1-2-20-9-3-8(4-9)19-13-6-11(17)10(16)5-12(13)18-14(19)7-15/h5-6,8-9H,2-4,7H2,1H3. The summed E-state index contributed by atoms with van der Waals surface area (Å²) in [6.45, 7) is 2.78. The van der Waals surface area contributed by atoms with E-state index in [1.54, 1.807) is 6.07 Å². The second-order valence-corrected chi connectivity index (χ2v) is 6.07. The molecule has 1 aliphatic carbocycles. The van der Waals surface area contributed by atoms with Crippen LogP contribution in [0.15, 0.2) is 12.1 Å². The third-order valence-corrected chi connectivity index (χ3v) is 4.72. The average Bonchev–Trinajstić information content (AvgIpc) is 2.71. The summed E-state index contributed by atoms with van der Waals surface area (Å²) >= 11 is 18.2. The number of benzene rings is 1. The Kier molecular flexibility index (Phi) is 4.14. The van der Waals surface area contributed by atoms with Gasteiger partial charge < -0.3 is 9.30 Å². The number of alkyl halides is 1. The Morgan fingerprint density at radius 1 is 1.30 bits per heavy atom. The van der Waals surface area contributed by atoms with E-state index >= 15 is 0 Å². The van der Waals surface area contributed by atoms with Crippen molar-refractivity contribution < 1.29 is 4.74 Å². The van der Waals surface area contributed by atoms with Crippen molar-refractivity contribution in [3.05, 3.63) is 28.0 Å². The highest BCUT2D eigenvalue weighted by molar-refractivity contribution is 6.42. The van der Waals surface area contributed by atoms with Gasteiger partial charge in [0.1, 0.15) is 5.82 Å². The van der Waals surface area contributed by atoms with E-state index < -0.39 is 0 Å². The highest BCUT2D eigenvalue weighted by Crippen LogP contribution is 2.39. The van der Waals surface area contributed by atoms with Gasteiger partial charge in [-0.2, -0.15) is 0 Å². The topological polar surface area (TPSA) is 27.1 Å². The molecule has 1 saturated carbocycles. The largest absolute Gasteiger partial charge is 0.378 e. The van der Waals surface area contributed by atoms with E-state index in [1.807, 2.05) is 13.0 Å². The molecule has 2 aromatic rings. The molecule has 6 heteroatoms. The number of aromatic nitrogens is 2. The quantitative estimate of drug-likeness (QED) is 0.750.